The normalized spacial score (nSPS) is 10.1. The SMILES string of the molecule is CC(=N)CCCc1cc(C)cc(O)c1. The summed E-state index contributed by atoms with van der Waals surface area (Å²) in [6, 6.07) is 5.64. The fraction of sp³-hybridized carbons (Fsp3) is 0.417. The second kappa shape index (κ2) is 4.80. The lowest BCUT2D eigenvalue weighted by molar-refractivity contribution is 0.474. The Morgan fingerprint density at radius 3 is 2.64 bits per heavy atom. The summed E-state index contributed by atoms with van der Waals surface area (Å²) >= 11 is 0. The molecule has 1 rings (SSSR count). The molecule has 0 aliphatic carbocycles. The number of aryl methyl sites for hydroxylation is 2. The molecule has 0 spiro atoms. The van der Waals surface area contributed by atoms with Gasteiger partial charge in [0.15, 0.2) is 0 Å². The first kappa shape index (κ1) is 10.8. The van der Waals surface area contributed by atoms with Gasteiger partial charge in [0.1, 0.15) is 5.75 Å². The largest absolute Gasteiger partial charge is 0.508 e. The lowest BCUT2D eigenvalue weighted by Crippen LogP contribution is -1.92. The van der Waals surface area contributed by atoms with Crippen molar-refractivity contribution in [1.82, 2.24) is 0 Å². The van der Waals surface area contributed by atoms with Crippen LogP contribution in [0.25, 0.3) is 0 Å². The molecule has 0 bridgehead atoms. The maximum absolute atomic E-state index is 9.36. The van der Waals surface area contributed by atoms with Crippen LogP contribution in [-0.4, -0.2) is 10.8 Å². The molecule has 0 fully saturated rings. The van der Waals surface area contributed by atoms with Crippen LogP contribution < -0.4 is 0 Å². The van der Waals surface area contributed by atoms with Crippen LogP contribution >= 0.6 is 0 Å². The molecule has 0 aliphatic heterocycles. The molecule has 2 heteroatoms. The Balaban J connectivity index is 2.54. The lowest BCUT2D eigenvalue weighted by Gasteiger charge is -2.03. The molecule has 76 valence electrons. The second-order valence-electron chi connectivity index (χ2n) is 3.81. The standard InChI is InChI=1S/C12H17NO/c1-9-6-11(8-12(14)7-9)5-3-4-10(2)13/h6-8,13-14H,3-5H2,1-2H3. The van der Waals surface area contributed by atoms with Gasteiger partial charge in [-0.05, 0) is 56.4 Å². The third-order valence-corrected chi connectivity index (χ3v) is 2.14. The van der Waals surface area contributed by atoms with Crippen LogP contribution in [0.3, 0.4) is 0 Å². The van der Waals surface area contributed by atoms with Crippen molar-refractivity contribution in [2.45, 2.75) is 33.1 Å². The molecule has 0 atom stereocenters. The number of hydrogen-bond acceptors (Lipinski definition) is 2. The Morgan fingerprint density at radius 2 is 2.07 bits per heavy atom. The van der Waals surface area contributed by atoms with Crippen molar-refractivity contribution in [1.29, 1.82) is 5.41 Å². The van der Waals surface area contributed by atoms with Crippen molar-refractivity contribution in [2.75, 3.05) is 0 Å². The van der Waals surface area contributed by atoms with E-state index in [0.29, 0.717) is 5.75 Å². The summed E-state index contributed by atoms with van der Waals surface area (Å²) in [6.07, 6.45) is 2.76. The molecule has 0 heterocycles. The van der Waals surface area contributed by atoms with E-state index in [0.717, 1.165) is 36.1 Å². The fourth-order valence-electron chi connectivity index (χ4n) is 1.54. The monoisotopic (exact) mass is 191 g/mol. The number of phenols is 1. The number of phenolic OH excluding ortho intramolecular Hbond substituents is 1. The van der Waals surface area contributed by atoms with Gasteiger partial charge in [-0.3, -0.25) is 0 Å². The van der Waals surface area contributed by atoms with Crippen LogP contribution in [0.4, 0.5) is 0 Å². The smallest absolute Gasteiger partial charge is 0.116 e. The molecule has 0 saturated carbocycles. The highest BCUT2D eigenvalue weighted by Gasteiger charge is 1.98. The molecule has 0 aromatic heterocycles. The van der Waals surface area contributed by atoms with Gasteiger partial charge in [0.2, 0.25) is 0 Å². The number of nitrogens with one attached hydrogen (secondary N) is 1. The summed E-state index contributed by atoms with van der Waals surface area (Å²) < 4.78 is 0. The summed E-state index contributed by atoms with van der Waals surface area (Å²) in [5, 5.41) is 16.7. The number of hydrogen-bond donors (Lipinski definition) is 2. The van der Waals surface area contributed by atoms with Crippen LogP contribution in [0, 0.1) is 12.3 Å². The zero-order valence-electron chi connectivity index (χ0n) is 8.80. The van der Waals surface area contributed by atoms with Gasteiger partial charge in [-0.2, -0.15) is 0 Å². The van der Waals surface area contributed by atoms with E-state index in [4.69, 9.17) is 5.41 Å². The van der Waals surface area contributed by atoms with E-state index >= 15 is 0 Å². The molecule has 1 aromatic rings. The topological polar surface area (TPSA) is 44.1 Å². The van der Waals surface area contributed by atoms with E-state index in [1.807, 2.05) is 13.8 Å². The zero-order valence-corrected chi connectivity index (χ0v) is 8.80. The average molecular weight is 191 g/mol. The maximum Gasteiger partial charge on any atom is 0.116 e. The van der Waals surface area contributed by atoms with Crippen molar-refractivity contribution >= 4 is 5.71 Å². The summed E-state index contributed by atoms with van der Waals surface area (Å²) in [4.78, 5) is 0. The molecule has 0 saturated heterocycles. The summed E-state index contributed by atoms with van der Waals surface area (Å²) in [6.45, 7) is 3.80. The van der Waals surface area contributed by atoms with E-state index < -0.39 is 0 Å². The van der Waals surface area contributed by atoms with Gasteiger partial charge in [-0.25, -0.2) is 0 Å². The van der Waals surface area contributed by atoms with Crippen LogP contribution in [0.5, 0.6) is 5.75 Å². The zero-order chi connectivity index (χ0) is 10.6. The minimum atomic E-state index is 0.339. The van der Waals surface area contributed by atoms with Crippen molar-refractivity contribution in [2.24, 2.45) is 0 Å². The Bertz CT molecular complexity index is 311. The quantitative estimate of drug-likeness (QED) is 0.706. The fourth-order valence-corrected chi connectivity index (χ4v) is 1.54. The van der Waals surface area contributed by atoms with E-state index in [9.17, 15) is 5.11 Å². The first-order valence-electron chi connectivity index (χ1n) is 4.91. The van der Waals surface area contributed by atoms with Crippen LogP contribution in [0.15, 0.2) is 18.2 Å². The summed E-state index contributed by atoms with van der Waals surface area (Å²) in [5.41, 5.74) is 2.97. The van der Waals surface area contributed by atoms with E-state index in [1.54, 1.807) is 12.1 Å². The molecule has 1 aromatic carbocycles. The Kier molecular flexibility index (Phi) is 3.69. The number of benzene rings is 1. The van der Waals surface area contributed by atoms with Gasteiger partial charge >= 0.3 is 0 Å². The third-order valence-electron chi connectivity index (χ3n) is 2.14. The van der Waals surface area contributed by atoms with Crippen LogP contribution in [0.2, 0.25) is 0 Å². The number of rotatable bonds is 4. The molecular formula is C12H17NO. The van der Waals surface area contributed by atoms with Crippen molar-refractivity contribution < 1.29 is 5.11 Å². The average Bonchev–Trinajstić information content (AvgIpc) is 2.01. The molecule has 2 nitrogen and oxygen atoms in total. The highest BCUT2D eigenvalue weighted by molar-refractivity contribution is 5.78. The van der Waals surface area contributed by atoms with Gasteiger partial charge in [0.05, 0.1) is 0 Å². The lowest BCUT2D eigenvalue weighted by atomic mass is 10.0. The van der Waals surface area contributed by atoms with Crippen molar-refractivity contribution in [3.05, 3.63) is 29.3 Å². The molecule has 0 amide bonds. The van der Waals surface area contributed by atoms with Gasteiger partial charge in [0.25, 0.3) is 0 Å². The minimum Gasteiger partial charge on any atom is -0.508 e. The molecule has 0 radical (unpaired) electrons. The molecule has 2 N–H and O–H groups in total. The highest BCUT2D eigenvalue weighted by Crippen LogP contribution is 2.16. The molecule has 0 aliphatic rings. The van der Waals surface area contributed by atoms with E-state index in [2.05, 4.69) is 6.07 Å². The minimum absolute atomic E-state index is 0.339. The number of aromatic hydroxyl groups is 1. The van der Waals surface area contributed by atoms with Gasteiger partial charge < -0.3 is 10.5 Å². The van der Waals surface area contributed by atoms with Crippen molar-refractivity contribution in [3.63, 3.8) is 0 Å². The van der Waals surface area contributed by atoms with Gasteiger partial charge in [-0.15, -0.1) is 0 Å². The van der Waals surface area contributed by atoms with Crippen molar-refractivity contribution in [3.8, 4) is 5.75 Å². The second-order valence-corrected chi connectivity index (χ2v) is 3.81. The van der Waals surface area contributed by atoms with Crippen LogP contribution in [-0.2, 0) is 6.42 Å². The molecule has 14 heavy (non-hydrogen) atoms. The molecule has 0 unspecified atom stereocenters. The summed E-state index contributed by atoms with van der Waals surface area (Å²) in [7, 11) is 0. The highest BCUT2D eigenvalue weighted by atomic mass is 16.3. The van der Waals surface area contributed by atoms with E-state index in [1.165, 1.54) is 0 Å². The third kappa shape index (κ3) is 3.60. The summed E-state index contributed by atoms with van der Waals surface area (Å²) in [5.74, 6) is 0.339. The Morgan fingerprint density at radius 1 is 1.36 bits per heavy atom. The predicted molar refractivity (Wildman–Crippen MR) is 59.2 cm³/mol. The maximum atomic E-state index is 9.36. The first-order valence-corrected chi connectivity index (χ1v) is 4.91. The predicted octanol–water partition coefficient (Wildman–Crippen LogP) is 3.06. The van der Waals surface area contributed by atoms with Gasteiger partial charge in [-0.1, -0.05) is 6.07 Å². The Hall–Kier alpha value is -1.31. The van der Waals surface area contributed by atoms with Crippen LogP contribution in [0.1, 0.15) is 30.9 Å². The van der Waals surface area contributed by atoms with Gasteiger partial charge in [0, 0.05) is 5.71 Å². The Labute approximate surface area is 85.1 Å². The first-order chi connectivity index (χ1) is 6.58. The molecular weight excluding hydrogens is 174 g/mol. The van der Waals surface area contributed by atoms with E-state index in [-0.39, 0.29) is 0 Å².